The SMILES string of the molecule is COc1cc(OC)c2c(=O)c3cccc(OC)c3oc2c1CC=C(C)C. The minimum Gasteiger partial charge on any atom is -0.496 e. The van der Waals surface area contributed by atoms with Crippen LogP contribution in [0.1, 0.15) is 19.4 Å². The van der Waals surface area contributed by atoms with Crippen LogP contribution in [0.5, 0.6) is 17.2 Å². The standard InChI is InChI=1S/C21H22O5/c1-12(2)9-10-13-16(24-4)11-17(25-5)18-19(22)14-7-6-8-15(23-3)20(14)26-21(13)18/h6-9,11H,10H2,1-5H3. The summed E-state index contributed by atoms with van der Waals surface area (Å²) in [4.78, 5) is 13.2. The highest BCUT2D eigenvalue weighted by Gasteiger charge is 2.21. The molecule has 0 spiro atoms. The Hall–Kier alpha value is -2.95. The minimum absolute atomic E-state index is 0.155. The van der Waals surface area contributed by atoms with Gasteiger partial charge in [-0.3, -0.25) is 4.79 Å². The average molecular weight is 354 g/mol. The average Bonchev–Trinajstić information content (AvgIpc) is 2.65. The number of fused-ring (bicyclic) bond motifs is 2. The van der Waals surface area contributed by atoms with Crippen molar-refractivity contribution in [2.45, 2.75) is 20.3 Å². The molecular weight excluding hydrogens is 332 g/mol. The van der Waals surface area contributed by atoms with Gasteiger partial charge in [-0.25, -0.2) is 0 Å². The van der Waals surface area contributed by atoms with Gasteiger partial charge < -0.3 is 18.6 Å². The van der Waals surface area contributed by atoms with Gasteiger partial charge in [-0.05, 0) is 32.4 Å². The molecular formula is C21H22O5. The number of methoxy groups -OCH3 is 3. The third-order valence-corrected chi connectivity index (χ3v) is 4.34. The van der Waals surface area contributed by atoms with E-state index in [1.807, 2.05) is 13.8 Å². The fraction of sp³-hybridized carbons (Fsp3) is 0.286. The Morgan fingerprint density at radius 1 is 1.00 bits per heavy atom. The number of benzene rings is 2. The molecule has 3 aromatic rings. The minimum atomic E-state index is -0.155. The smallest absolute Gasteiger partial charge is 0.204 e. The molecule has 5 nitrogen and oxygen atoms in total. The van der Waals surface area contributed by atoms with Gasteiger partial charge in [0.15, 0.2) is 11.3 Å². The maximum Gasteiger partial charge on any atom is 0.204 e. The van der Waals surface area contributed by atoms with E-state index in [0.717, 1.165) is 11.1 Å². The third-order valence-electron chi connectivity index (χ3n) is 4.34. The molecule has 5 heteroatoms. The van der Waals surface area contributed by atoms with Crippen LogP contribution in [0, 0.1) is 0 Å². The molecule has 0 aliphatic heterocycles. The molecule has 0 saturated heterocycles. The van der Waals surface area contributed by atoms with Gasteiger partial charge in [0, 0.05) is 11.6 Å². The van der Waals surface area contributed by atoms with Crippen LogP contribution in [0.4, 0.5) is 0 Å². The van der Waals surface area contributed by atoms with Gasteiger partial charge in [-0.15, -0.1) is 0 Å². The molecule has 3 rings (SSSR count). The summed E-state index contributed by atoms with van der Waals surface area (Å²) in [5.41, 5.74) is 2.69. The van der Waals surface area contributed by atoms with Crippen molar-refractivity contribution in [1.82, 2.24) is 0 Å². The second-order valence-corrected chi connectivity index (χ2v) is 6.22. The number of ether oxygens (including phenoxy) is 3. The normalized spacial score (nSPS) is 10.8. The van der Waals surface area contributed by atoms with Crippen LogP contribution < -0.4 is 19.6 Å². The summed E-state index contributed by atoms with van der Waals surface area (Å²) in [5.74, 6) is 1.55. The van der Waals surface area contributed by atoms with E-state index in [-0.39, 0.29) is 5.43 Å². The van der Waals surface area contributed by atoms with Crippen LogP contribution in [0.3, 0.4) is 0 Å². The van der Waals surface area contributed by atoms with Crippen molar-refractivity contribution in [3.05, 3.63) is 51.7 Å². The Morgan fingerprint density at radius 3 is 2.31 bits per heavy atom. The summed E-state index contributed by atoms with van der Waals surface area (Å²) >= 11 is 0. The van der Waals surface area contributed by atoms with E-state index in [4.69, 9.17) is 18.6 Å². The van der Waals surface area contributed by atoms with Crippen molar-refractivity contribution >= 4 is 21.9 Å². The highest BCUT2D eigenvalue weighted by molar-refractivity contribution is 5.97. The lowest BCUT2D eigenvalue weighted by molar-refractivity contribution is 0.393. The van der Waals surface area contributed by atoms with Gasteiger partial charge in [-0.2, -0.15) is 0 Å². The number of hydrogen-bond acceptors (Lipinski definition) is 5. The summed E-state index contributed by atoms with van der Waals surface area (Å²) in [7, 11) is 4.67. The monoisotopic (exact) mass is 354 g/mol. The van der Waals surface area contributed by atoms with E-state index in [1.165, 1.54) is 7.11 Å². The molecule has 136 valence electrons. The lowest BCUT2D eigenvalue weighted by atomic mass is 10.0. The largest absolute Gasteiger partial charge is 0.496 e. The summed E-state index contributed by atoms with van der Waals surface area (Å²) in [5, 5.41) is 0.861. The molecule has 1 aromatic heterocycles. The zero-order chi connectivity index (χ0) is 18.8. The zero-order valence-corrected chi connectivity index (χ0v) is 15.6. The van der Waals surface area contributed by atoms with Gasteiger partial charge >= 0.3 is 0 Å². The van der Waals surface area contributed by atoms with Crippen LogP contribution in [0.2, 0.25) is 0 Å². The van der Waals surface area contributed by atoms with Gasteiger partial charge in [0.25, 0.3) is 0 Å². The fourth-order valence-corrected chi connectivity index (χ4v) is 3.02. The first-order chi connectivity index (χ1) is 12.5. The summed E-state index contributed by atoms with van der Waals surface area (Å²) < 4.78 is 22.5. The maximum atomic E-state index is 13.2. The van der Waals surface area contributed by atoms with E-state index < -0.39 is 0 Å². The van der Waals surface area contributed by atoms with E-state index in [2.05, 4.69) is 6.08 Å². The lowest BCUT2D eigenvalue weighted by Gasteiger charge is -2.14. The van der Waals surface area contributed by atoms with Crippen molar-refractivity contribution in [3.8, 4) is 17.2 Å². The Bertz CT molecular complexity index is 1060. The van der Waals surface area contributed by atoms with Crippen molar-refractivity contribution in [1.29, 1.82) is 0 Å². The molecule has 0 saturated carbocycles. The molecule has 0 radical (unpaired) electrons. The molecule has 0 atom stereocenters. The van der Waals surface area contributed by atoms with Crippen LogP contribution in [0.15, 0.2) is 45.1 Å². The first-order valence-electron chi connectivity index (χ1n) is 8.32. The molecule has 0 bridgehead atoms. The molecule has 0 aliphatic carbocycles. The topological polar surface area (TPSA) is 57.9 Å². The molecule has 0 fully saturated rings. The molecule has 26 heavy (non-hydrogen) atoms. The van der Waals surface area contributed by atoms with Crippen LogP contribution in [-0.4, -0.2) is 21.3 Å². The van der Waals surface area contributed by atoms with E-state index >= 15 is 0 Å². The molecule has 0 aliphatic rings. The summed E-state index contributed by atoms with van der Waals surface area (Å²) in [6.07, 6.45) is 2.64. The van der Waals surface area contributed by atoms with Crippen LogP contribution in [-0.2, 0) is 6.42 Å². The highest BCUT2D eigenvalue weighted by Crippen LogP contribution is 2.38. The van der Waals surface area contributed by atoms with Gasteiger partial charge in [0.05, 0.1) is 26.7 Å². The lowest BCUT2D eigenvalue weighted by Crippen LogP contribution is -2.07. The van der Waals surface area contributed by atoms with E-state index in [0.29, 0.717) is 45.6 Å². The maximum absolute atomic E-state index is 13.2. The third kappa shape index (κ3) is 2.90. The van der Waals surface area contributed by atoms with Crippen molar-refractivity contribution in [2.75, 3.05) is 21.3 Å². The van der Waals surface area contributed by atoms with Crippen molar-refractivity contribution in [3.63, 3.8) is 0 Å². The number of hydrogen-bond donors (Lipinski definition) is 0. The van der Waals surface area contributed by atoms with Crippen LogP contribution in [0.25, 0.3) is 21.9 Å². The number of rotatable bonds is 5. The van der Waals surface area contributed by atoms with Gasteiger partial charge in [-0.1, -0.05) is 17.7 Å². The second-order valence-electron chi connectivity index (χ2n) is 6.22. The second kappa shape index (κ2) is 7.12. The molecule has 2 aromatic carbocycles. The molecule has 0 amide bonds. The Morgan fingerprint density at radius 2 is 1.69 bits per heavy atom. The van der Waals surface area contributed by atoms with E-state index in [1.54, 1.807) is 38.5 Å². The van der Waals surface area contributed by atoms with Crippen molar-refractivity contribution < 1.29 is 18.6 Å². The predicted octanol–water partition coefficient (Wildman–Crippen LogP) is 4.48. The predicted molar refractivity (Wildman–Crippen MR) is 103 cm³/mol. The van der Waals surface area contributed by atoms with Gasteiger partial charge in [0.1, 0.15) is 22.5 Å². The van der Waals surface area contributed by atoms with E-state index in [9.17, 15) is 4.79 Å². The Labute approximate surface area is 151 Å². The highest BCUT2D eigenvalue weighted by atomic mass is 16.5. The zero-order valence-electron chi connectivity index (χ0n) is 15.6. The fourth-order valence-electron chi connectivity index (χ4n) is 3.02. The summed E-state index contributed by atoms with van der Waals surface area (Å²) in [6.45, 7) is 4.04. The summed E-state index contributed by atoms with van der Waals surface area (Å²) in [6, 6.07) is 7.00. The first kappa shape index (κ1) is 17.9. The van der Waals surface area contributed by atoms with Crippen molar-refractivity contribution in [2.24, 2.45) is 0 Å². The molecule has 0 unspecified atom stereocenters. The molecule has 0 N–H and O–H groups in total. The Balaban J connectivity index is 2.52. The van der Waals surface area contributed by atoms with Crippen LogP contribution >= 0.6 is 0 Å². The quantitative estimate of drug-likeness (QED) is 0.499. The molecule has 1 heterocycles. The number of para-hydroxylation sites is 1. The first-order valence-corrected chi connectivity index (χ1v) is 8.32. The van der Waals surface area contributed by atoms with Gasteiger partial charge in [0.2, 0.25) is 5.43 Å². The number of allylic oxidation sites excluding steroid dienone is 2. The Kier molecular flexibility index (Phi) is 4.89.